The minimum Gasteiger partial charge on any atom is -0.470 e. The van der Waals surface area contributed by atoms with E-state index >= 15 is 0 Å². The number of carbonyl (C=O) groups excluding carboxylic acids is 1. The lowest BCUT2D eigenvalue weighted by atomic mass is 10.2. The molecule has 0 aliphatic rings. The van der Waals surface area contributed by atoms with Crippen molar-refractivity contribution >= 4 is 17.9 Å². The van der Waals surface area contributed by atoms with Crippen LogP contribution in [0.1, 0.15) is 23.1 Å². The first-order chi connectivity index (χ1) is 11.2. The molecule has 2 aromatic rings. The molecule has 2 unspecified atom stereocenters. The van der Waals surface area contributed by atoms with Gasteiger partial charge in [0.05, 0.1) is 6.04 Å². The van der Waals surface area contributed by atoms with Crippen molar-refractivity contribution in [3.8, 4) is 5.75 Å². The monoisotopic (exact) mass is 332 g/mol. The highest BCUT2D eigenvalue weighted by Gasteiger charge is 2.09. The predicted octanol–water partition coefficient (Wildman–Crippen LogP) is 3.01. The van der Waals surface area contributed by atoms with E-state index in [0.717, 1.165) is 23.2 Å². The first kappa shape index (κ1) is 17.5. The molecule has 0 bridgehead atoms. The predicted molar refractivity (Wildman–Crippen MR) is 92.5 cm³/mol. The SMILES string of the molecule is NC(C=O)CCNCc1cccc(OC(Cl)c2ccccc2)c1. The Kier molecular flexibility index (Phi) is 7.07. The number of carbonyl (C=O) groups is 1. The smallest absolute Gasteiger partial charge is 0.197 e. The quantitative estimate of drug-likeness (QED) is 0.421. The third-order valence-corrected chi connectivity index (χ3v) is 3.70. The van der Waals surface area contributed by atoms with Crippen molar-refractivity contribution in [2.45, 2.75) is 24.6 Å². The molecule has 122 valence electrons. The Hall–Kier alpha value is -1.88. The van der Waals surface area contributed by atoms with Gasteiger partial charge in [-0.2, -0.15) is 0 Å². The third-order valence-electron chi connectivity index (χ3n) is 3.36. The van der Waals surface area contributed by atoms with Gasteiger partial charge in [0.1, 0.15) is 12.0 Å². The molecule has 2 atom stereocenters. The van der Waals surface area contributed by atoms with E-state index in [1.54, 1.807) is 0 Å². The van der Waals surface area contributed by atoms with Gasteiger partial charge >= 0.3 is 0 Å². The second-order valence-electron chi connectivity index (χ2n) is 5.26. The fourth-order valence-electron chi connectivity index (χ4n) is 2.09. The fraction of sp³-hybridized carbons (Fsp3) is 0.278. The third kappa shape index (κ3) is 6.02. The normalized spacial score (nSPS) is 13.3. The van der Waals surface area contributed by atoms with Gasteiger partial charge in [-0.05, 0) is 30.7 Å². The Morgan fingerprint density at radius 2 is 1.96 bits per heavy atom. The van der Waals surface area contributed by atoms with Crippen LogP contribution in [0.15, 0.2) is 54.6 Å². The number of ether oxygens (including phenoxy) is 1. The zero-order chi connectivity index (χ0) is 16.5. The summed E-state index contributed by atoms with van der Waals surface area (Å²) in [5, 5.41) is 3.25. The molecule has 0 radical (unpaired) electrons. The van der Waals surface area contributed by atoms with Crippen molar-refractivity contribution in [2.75, 3.05) is 6.54 Å². The highest BCUT2D eigenvalue weighted by atomic mass is 35.5. The van der Waals surface area contributed by atoms with Crippen LogP contribution in [-0.4, -0.2) is 18.9 Å². The number of benzene rings is 2. The maximum atomic E-state index is 10.5. The summed E-state index contributed by atoms with van der Waals surface area (Å²) in [4.78, 5) is 10.5. The molecule has 23 heavy (non-hydrogen) atoms. The van der Waals surface area contributed by atoms with Crippen molar-refractivity contribution in [2.24, 2.45) is 5.73 Å². The molecule has 0 aliphatic carbocycles. The van der Waals surface area contributed by atoms with Gasteiger partial charge in [-0.15, -0.1) is 0 Å². The summed E-state index contributed by atoms with van der Waals surface area (Å²) >= 11 is 6.29. The van der Waals surface area contributed by atoms with Crippen molar-refractivity contribution < 1.29 is 9.53 Å². The van der Waals surface area contributed by atoms with Gasteiger partial charge in [0.2, 0.25) is 0 Å². The molecule has 0 spiro atoms. The molecule has 0 amide bonds. The molecular formula is C18H21ClN2O2. The van der Waals surface area contributed by atoms with E-state index < -0.39 is 11.6 Å². The topological polar surface area (TPSA) is 64.4 Å². The van der Waals surface area contributed by atoms with E-state index in [2.05, 4.69) is 5.32 Å². The number of halogens is 1. The van der Waals surface area contributed by atoms with Crippen molar-refractivity contribution in [1.82, 2.24) is 5.32 Å². The maximum absolute atomic E-state index is 10.5. The van der Waals surface area contributed by atoms with E-state index in [9.17, 15) is 4.79 Å². The zero-order valence-corrected chi connectivity index (χ0v) is 13.6. The van der Waals surface area contributed by atoms with Gasteiger partial charge < -0.3 is 20.6 Å². The van der Waals surface area contributed by atoms with Crippen molar-refractivity contribution in [3.05, 3.63) is 65.7 Å². The first-order valence-electron chi connectivity index (χ1n) is 7.55. The molecule has 0 heterocycles. The Morgan fingerprint density at radius 3 is 2.70 bits per heavy atom. The fourth-order valence-corrected chi connectivity index (χ4v) is 2.34. The van der Waals surface area contributed by atoms with Crippen LogP contribution < -0.4 is 15.8 Å². The molecule has 0 fully saturated rings. The van der Waals surface area contributed by atoms with Crippen LogP contribution in [0.5, 0.6) is 5.75 Å². The second-order valence-corrected chi connectivity index (χ2v) is 5.65. The summed E-state index contributed by atoms with van der Waals surface area (Å²) in [6, 6.07) is 17.0. The molecule has 5 heteroatoms. The van der Waals surface area contributed by atoms with Crippen LogP contribution in [0.2, 0.25) is 0 Å². The lowest BCUT2D eigenvalue weighted by Crippen LogP contribution is -2.27. The number of alkyl halides is 1. The molecule has 3 N–H and O–H groups in total. The summed E-state index contributed by atoms with van der Waals surface area (Å²) in [7, 11) is 0. The number of hydrogen-bond donors (Lipinski definition) is 2. The Balaban J connectivity index is 1.86. The van der Waals surface area contributed by atoms with Gasteiger partial charge in [-0.3, -0.25) is 0 Å². The van der Waals surface area contributed by atoms with Crippen LogP contribution in [-0.2, 0) is 11.3 Å². The molecule has 2 rings (SSSR count). The van der Waals surface area contributed by atoms with E-state index in [-0.39, 0.29) is 0 Å². The highest BCUT2D eigenvalue weighted by Crippen LogP contribution is 2.25. The maximum Gasteiger partial charge on any atom is 0.197 e. The Morgan fingerprint density at radius 1 is 1.17 bits per heavy atom. The lowest BCUT2D eigenvalue weighted by molar-refractivity contribution is -0.109. The summed E-state index contributed by atoms with van der Waals surface area (Å²) in [6.45, 7) is 1.37. The zero-order valence-electron chi connectivity index (χ0n) is 12.8. The van der Waals surface area contributed by atoms with E-state index in [1.807, 2.05) is 54.6 Å². The Labute approximate surface area is 141 Å². The summed E-state index contributed by atoms with van der Waals surface area (Å²) in [5.41, 5.74) is 7.02. The van der Waals surface area contributed by atoms with Crippen LogP contribution in [0, 0.1) is 0 Å². The minimum absolute atomic E-state index is 0.403. The molecule has 0 aliphatic heterocycles. The number of rotatable bonds is 9. The number of nitrogens with two attached hydrogens (primary N) is 1. The van der Waals surface area contributed by atoms with Crippen molar-refractivity contribution in [3.63, 3.8) is 0 Å². The second kappa shape index (κ2) is 9.30. The number of aldehydes is 1. The molecular weight excluding hydrogens is 312 g/mol. The van der Waals surface area contributed by atoms with Crippen molar-refractivity contribution in [1.29, 1.82) is 0 Å². The molecule has 2 aromatic carbocycles. The van der Waals surface area contributed by atoms with Gasteiger partial charge in [-0.25, -0.2) is 0 Å². The largest absolute Gasteiger partial charge is 0.470 e. The Bertz CT molecular complexity index is 607. The number of hydrogen-bond acceptors (Lipinski definition) is 4. The first-order valence-corrected chi connectivity index (χ1v) is 7.99. The summed E-state index contributed by atoms with van der Waals surface area (Å²) < 4.78 is 5.77. The van der Waals surface area contributed by atoms with Crippen LogP contribution in [0.3, 0.4) is 0 Å². The van der Waals surface area contributed by atoms with Gasteiger partial charge in [0.25, 0.3) is 0 Å². The highest BCUT2D eigenvalue weighted by molar-refractivity contribution is 6.20. The average Bonchev–Trinajstić information content (AvgIpc) is 2.59. The van der Waals surface area contributed by atoms with Gasteiger partial charge in [0.15, 0.2) is 5.56 Å². The van der Waals surface area contributed by atoms with E-state index in [4.69, 9.17) is 22.1 Å². The van der Waals surface area contributed by atoms with Gasteiger partial charge in [0, 0.05) is 12.1 Å². The van der Waals surface area contributed by atoms with Crippen LogP contribution in [0.4, 0.5) is 0 Å². The summed E-state index contributed by atoms with van der Waals surface area (Å²) in [5.74, 6) is 0.720. The molecule has 0 saturated heterocycles. The molecule has 0 saturated carbocycles. The lowest BCUT2D eigenvalue weighted by Gasteiger charge is -2.14. The molecule has 0 aromatic heterocycles. The molecule has 4 nitrogen and oxygen atoms in total. The van der Waals surface area contributed by atoms with Gasteiger partial charge in [-0.1, -0.05) is 54.1 Å². The minimum atomic E-state index is -0.523. The average molecular weight is 333 g/mol. The summed E-state index contributed by atoms with van der Waals surface area (Å²) in [6.07, 6.45) is 1.39. The standard InChI is InChI=1S/C18H21ClN2O2/c19-18(15-6-2-1-3-7-15)23-17-8-4-5-14(11-17)12-21-10-9-16(20)13-22/h1-8,11,13,16,18,21H,9-10,12,20H2. The van der Waals surface area contributed by atoms with Crippen LogP contribution >= 0.6 is 11.6 Å². The van der Waals surface area contributed by atoms with E-state index in [1.165, 1.54) is 0 Å². The van der Waals surface area contributed by atoms with Crippen LogP contribution in [0.25, 0.3) is 0 Å². The number of nitrogens with one attached hydrogen (secondary N) is 1. The van der Waals surface area contributed by atoms with E-state index in [0.29, 0.717) is 19.5 Å².